The molecule has 0 aliphatic carbocycles. The average Bonchev–Trinajstić information content (AvgIpc) is 3.11. The van der Waals surface area contributed by atoms with Crippen molar-refractivity contribution in [2.45, 2.75) is 6.61 Å². The van der Waals surface area contributed by atoms with Gasteiger partial charge in [-0.15, -0.1) is 11.3 Å². The summed E-state index contributed by atoms with van der Waals surface area (Å²) >= 11 is 7.21. The molecule has 0 unspecified atom stereocenters. The maximum Gasteiger partial charge on any atom is 0.341 e. The zero-order valence-electron chi connectivity index (χ0n) is 13.2. The Morgan fingerprint density at radius 1 is 1.24 bits per heavy atom. The van der Waals surface area contributed by atoms with Gasteiger partial charge in [0.2, 0.25) is 0 Å². The third-order valence-corrected chi connectivity index (χ3v) is 4.56. The summed E-state index contributed by atoms with van der Waals surface area (Å²) in [7, 11) is 1.60. The first-order valence-corrected chi connectivity index (χ1v) is 8.53. The Morgan fingerprint density at radius 3 is 2.72 bits per heavy atom. The summed E-state index contributed by atoms with van der Waals surface area (Å²) in [6, 6.07) is 11.2. The molecule has 0 atom stereocenters. The molecule has 2 aromatic carbocycles. The summed E-state index contributed by atoms with van der Waals surface area (Å²) in [6.45, 7) is -0.0442. The zero-order chi connectivity index (χ0) is 17.8. The fraction of sp³-hybridized carbons (Fsp3) is 0.111. The van der Waals surface area contributed by atoms with Crippen LogP contribution < -0.4 is 4.74 Å². The average molecular weight is 378 g/mol. The summed E-state index contributed by atoms with van der Waals surface area (Å²) < 4.78 is 23.9. The molecule has 0 saturated heterocycles. The van der Waals surface area contributed by atoms with Crippen LogP contribution in [0.1, 0.15) is 16.1 Å². The van der Waals surface area contributed by atoms with E-state index in [-0.39, 0.29) is 17.2 Å². The summed E-state index contributed by atoms with van der Waals surface area (Å²) in [5, 5.41) is 2.85. The van der Waals surface area contributed by atoms with E-state index in [0.717, 1.165) is 22.4 Å². The molecule has 1 heterocycles. The highest BCUT2D eigenvalue weighted by Crippen LogP contribution is 2.26. The first-order chi connectivity index (χ1) is 12.1. The molecule has 3 rings (SSSR count). The van der Waals surface area contributed by atoms with Gasteiger partial charge in [-0.05, 0) is 42.5 Å². The molecule has 7 heteroatoms. The van der Waals surface area contributed by atoms with Crippen molar-refractivity contribution in [3.05, 3.63) is 69.9 Å². The first kappa shape index (κ1) is 17.4. The third kappa shape index (κ3) is 4.15. The van der Waals surface area contributed by atoms with Gasteiger partial charge in [0, 0.05) is 16.0 Å². The van der Waals surface area contributed by atoms with Crippen molar-refractivity contribution in [2.75, 3.05) is 7.11 Å². The predicted octanol–water partition coefficient (Wildman–Crippen LogP) is 4.97. The zero-order valence-corrected chi connectivity index (χ0v) is 14.7. The van der Waals surface area contributed by atoms with Crippen LogP contribution in [-0.4, -0.2) is 18.1 Å². The van der Waals surface area contributed by atoms with Crippen LogP contribution in [0.5, 0.6) is 5.75 Å². The topological polar surface area (TPSA) is 48.4 Å². The number of benzene rings is 2. The predicted molar refractivity (Wildman–Crippen MR) is 94.6 cm³/mol. The van der Waals surface area contributed by atoms with Gasteiger partial charge in [-0.2, -0.15) is 0 Å². The van der Waals surface area contributed by atoms with E-state index in [0.29, 0.717) is 5.69 Å². The number of aromatic nitrogens is 1. The molecule has 0 radical (unpaired) electrons. The van der Waals surface area contributed by atoms with Crippen LogP contribution in [0.2, 0.25) is 5.02 Å². The van der Waals surface area contributed by atoms with Crippen LogP contribution in [-0.2, 0) is 11.3 Å². The molecule has 0 saturated carbocycles. The molecule has 4 nitrogen and oxygen atoms in total. The highest BCUT2D eigenvalue weighted by Gasteiger charge is 2.15. The summed E-state index contributed by atoms with van der Waals surface area (Å²) in [5.74, 6) is -0.691. The Morgan fingerprint density at radius 2 is 2.00 bits per heavy atom. The molecular weight excluding hydrogens is 365 g/mol. The van der Waals surface area contributed by atoms with Crippen LogP contribution >= 0.6 is 22.9 Å². The minimum Gasteiger partial charge on any atom is -0.497 e. The van der Waals surface area contributed by atoms with Crippen LogP contribution in [0, 0.1) is 5.82 Å². The second-order valence-electron chi connectivity index (χ2n) is 5.07. The molecule has 1 aromatic heterocycles. The van der Waals surface area contributed by atoms with E-state index in [9.17, 15) is 9.18 Å². The molecule has 0 N–H and O–H groups in total. The Hall–Kier alpha value is -2.44. The second-order valence-corrected chi connectivity index (χ2v) is 6.37. The number of carbonyl (C=O) groups excluding carboxylic acids is 1. The number of nitrogens with zero attached hydrogens (tertiary/aromatic N) is 1. The van der Waals surface area contributed by atoms with Crippen molar-refractivity contribution in [3.8, 4) is 16.3 Å². The van der Waals surface area contributed by atoms with Crippen molar-refractivity contribution in [2.24, 2.45) is 0 Å². The van der Waals surface area contributed by atoms with Crippen molar-refractivity contribution in [1.82, 2.24) is 4.98 Å². The molecule has 0 bridgehead atoms. The molecule has 0 spiro atoms. The summed E-state index contributed by atoms with van der Waals surface area (Å²) in [4.78, 5) is 16.4. The standard InChI is InChI=1S/C18H13ClFNO3S/c1-23-14-5-2-11(3-6-14)17-21-13(10-25-17)9-24-18(22)15-8-12(19)4-7-16(15)20/h2-8,10H,9H2,1H3. The minimum atomic E-state index is -0.779. The lowest BCUT2D eigenvalue weighted by Crippen LogP contribution is -2.07. The van der Waals surface area contributed by atoms with Crippen LogP contribution in [0.4, 0.5) is 4.39 Å². The fourth-order valence-corrected chi connectivity index (χ4v) is 3.09. The molecule has 0 aliphatic heterocycles. The van der Waals surface area contributed by atoms with Gasteiger partial charge in [-0.3, -0.25) is 0 Å². The molecule has 0 amide bonds. The van der Waals surface area contributed by atoms with Crippen LogP contribution in [0.15, 0.2) is 47.8 Å². The van der Waals surface area contributed by atoms with Crippen molar-refractivity contribution in [1.29, 1.82) is 0 Å². The largest absolute Gasteiger partial charge is 0.497 e. The van der Waals surface area contributed by atoms with E-state index in [1.807, 2.05) is 24.3 Å². The number of esters is 1. The fourth-order valence-electron chi connectivity index (χ4n) is 2.11. The lowest BCUT2D eigenvalue weighted by molar-refractivity contribution is 0.0463. The summed E-state index contributed by atoms with van der Waals surface area (Å²) in [6.07, 6.45) is 0. The van der Waals surface area contributed by atoms with Crippen molar-refractivity contribution in [3.63, 3.8) is 0 Å². The number of methoxy groups -OCH3 is 1. The minimum absolute atomic E-state index is 0.0442. The van der Waals surface area contributed by atoms with Gasteiger partial charge in [0.15, 0.2) is 0 Å². The Labute approximate surface area is 152 Å². The van der Waals surface area contributed by atoms with E-state index < -0.39 is 11.8 Å². The lowest BCUT2D eigenvalue weighted by atomic mass is 10.2. The maximum absolute atomic E-state index is 13.6. The second kappa shape index (κ2) is 7.63. The van der Waals surface area contributed by atoms with E-state index in [1.165, 1.54) is 23.5 Å². The SMILES string of the molecule is COc1ccc(-c2nc(COC(=O)c3cc(Cl)ccc3F)cs2)cc1. The van der Waals surface area contributed by atoms with Gasteiger partial charge in [-0.1, -0.05) is 11.6 Å². The van der Waals surface area contributed by atoms with Gasteiger partial charge in [0.05, 0.1) is 18.4 Å². The Bertz CT molecular complexity index is 896. The number of hydrogen-bond donors (Lipinski definition) is 0. The highest BCUT2D eigenvalue weighted by atomic mass is 35.5. The Kier molecular flexibility index (Phi) is 5.31. The molecule has 0 aliphatic rings. The molecular formula is C18H13ClFNO3S. The van der Waals surface area contributed by atoms with Crippen molar-refractivity contribution >= 4 is 28.9 Å². The van der Waals surface area contributed by atoms with Crippen LogP contribution in [0.25, 0.3) is 10.6 Å². The number of ether oxygens (including phenoxy) is 2. The van der Waals surface area contributed by atoms with E-state index in [4.69, 9.17) is 21.1 Å². The smallest absolute Gasteiger partial charge is 0.341 e. The van der Waals surface area contributed by atoms with Crippen molar-refractivity contribution < 1.29 is 18.7 Å². The number of rotatable bonds is 5. The monoisotopic (exact) mass is 377 g/mol. The van der Waals surface area contributed by atoms with Gasteiger partial charge in [-0.25, -0.2) is 14.2 Å². The quantitative estimate of drug-likeness (QED) is 0.589. The number of hydrogen-bond acceptors (Lipinski definition) is 5. The Balaban J connectivity index is 1.67. The molecule has 128 valence electrons. The molecule has 3 aromatic rings. The van der Waals surface area contributed by atoms with E-state index in [1.54, 1.807) is 12.5 Å². The summed E-state index contributed by atoms with van der Waals surface area (Å²) in [5.41, 5.74) is 1.33. The molecule has 25 heavy (non-hydrogen) atoms. The first-order valence-electron chi connectivity index (χ1n) is 7.28. The number of halogens is 2. The van der Waals surface area contributed by atoms with Gasteiger partial charge in [0.1, 0.15) is 23.2 Å². The van der Waals surface area contributed by atoms with Crippen LogP contribution in [0.3, 0.4) is 0 Å². The highest BCUT2D eigenvalue weighted by molar-refractivity contribution is 7.13. The number of carbonyl (C=O) groups is 1. The lowest BCUT2D eigenvalue weighted by Gasteiger charge is -2.04. The molecule has 0 fully saturated rings. The van der Waals surface area contributed by atoms with Gasteiger partial charge in [0.25, 0.3) is 0 Å². The normalized spacial score (nSPS) is 10.5. The van der Waals surface area contributed by atoms with E-state index in [2.05, 4.69) is 4.98 Å². The third-order valence-electron chi connectivity index (χ3n) is 3.39. The number of thiazole rings is 1. The van der Waals surface area contributed by atoms with Gasteiger partial charge < -0.3 is 9.47 Å². The van der Waals surface area contributed by atoms with Gasteiger partial charge >= 0.3 is 5.97 Å². The maximum atomic E-state index is 13.6. The van der Waals surface area contributed by atoms with E-state index >= 15 is 0 Å².